The van der Waals surface area contributed by atoms with Gasteiger partial charge in [-0.15, -0.1) is 0 Å². The number of alkyl halides is 3. The summed E-state index contributed by atoms with van der Waals surface area (Å²) in [6.45, 7) is 2.77. The summed E-state index contributed by atoms with van der Waals surface area (Å²) in [6, 6.07) is 11.7. The van der Waals surface area contributed by atoms with Crippen LogP contribution < -0.4 is 4.90 Å². The third-order valence-electron chi connectivity index (χ3n) is 5.30. The van der Waals surface area contributed by atoms with Crippen molar-refractivity contribution in [3.8, 4) is 0 Å². The lowest BCUT2D eigenvalue weighted by molar-refractivity contribution is -0.141. The van der Waals surface area contributed by atoms with Crippen LogP contribution in [0.1, 0.15) is 30.5 Å². The SMILES string of the molecule is FC(F)(F)c1ccnc(N(C2CC2)C2CCN(CCc3ccccc3)C2)n1. The first-order valence-electron chi connectivity index (χ1n) is 9.45. The van der Waals surface area contributed by atoms with Crippen molar-refractivity contribution in [1.82, 2.24) is 14.9 Å². The van der Waals surface area contributed by atoms with Gasteiger partial charge in [-0.05, 0) is 37.3 Å². The zero-order valence-corrected chi connectivity index (χ0v) is 15.1. The van der Waals surface area contributed by atoms with E-state index in [-0.39, 0.29) is 18.0 Å². The Morgan fingerprint density at radius 2 is 1.81 bits per heavy atom. The van der Waals surface area contributed by atoms with E-state index >= 15 is 0 Å². The van der Waals surface area contributed by atoms with Crippen LogP contribution in [0.2, 0.25) is 0 Å². The number of likely N-dealkylation sites (tertiary alicyclic amines) is 1. The molecule has 1 aromatic carbocycles. The molecule has 1 unspecified atom stereocenters. The van der Waals surface area contributed by atoms with Crippen LogP contribution in [-0.4, -0.2) is 46.6 Å². The zero-order valence-electron chi connectivity index (χ0n) is 15.1. The van der Waals surface area contributed by atoms with Crippen molar-refractivity contribution in [3.63, 3.8) is 0 Å². The molecule has 0 bridgehead atoms. The average Bonchev–Trinajstić information content (AvgIpc) is 3.38. The largest absolute Gasteiger partial charge is 0.433 e. The Kier molecular flexibility index (Phi) is 5.04. The second kappa shape index (κ2) is 7.46. The third-order valence-corrected chi connectivity index (χ3v) is 5.30. The Bertz CT molecular complexity index is 761. The Morgan fingerprint density at radius 3 is 2.52 bits per heavy atom. The van der Waals surface area contributed by atoms with Gasteiger partial charge in [-0.3, -0.25) is 0 Å². The first kappa shape index (κ1) is 18.2. The first-order chi connectivity index (χ1) is 13.0. The van der Waals surface area contributed by atoms with Crippen LogP contribution in [0.25, 0.3) is 0 Å². The molecule has 1 saturated carbocycles. The van der Waals surface area contributed by atoms with Crippen LogP contribution in [0.4, 0.5) is 19.1 Å². The highest BCUT2D eigenvalue weighted by Crippen LogP contribution is 2.35. The number of rotatable bonds is 6. The highest BCUT2D eigenvalue weighted by Gasteiger charge is 2.40. The molecule has 0 radical (unpaired) electrons. The lowest BCUT2D eigenvalue weighted by Crippen LogP contribution is -2.41. The topological polar surface area (TPSA) is 32.3 Å². The van der Waals surface area contributed by atoms with Gasteiger partial charge in [0.05, 0.1) is 0 Å². The first-order valence-corrected chi connectivity index (χ1v) is 9.45. The van der Waals surface area contributed by atoms with Gasteiger partial charge in [0.15, 0.2) is 0 Å². The molecule has 1 aromatic heterocycles. The van der Waals surface area contributed by atoms with Crippen molar-refractivity contribution in [2.75, 3.05) is 24.5 Å². The van der Waals surface area contributed by atoms with Gasteiger partial charge < -0.3 is 9.80 Å². The number of benzene rings is 1. The average molecular weight is 376 g/mol. The van der Waals surface area contributed by atoms with Crippen LogP contribution in [0.5, 0.6) is 0 Å². The van der Waals surface area contributed by atoms with Crippen LogP contribution in [0, 0.1) is 0 Å². The van der Waals surface area contributed by atoms with Crippen LogP contribution >= 0.6 is 0 Å². The van der Waals surface area contributed by atoms with Gasteiger partial charge in [0.2, 0.25) is 5.95 Å². The monoisotopic (exact) mass is 376 g/mol. The Balaban J connectivity index is 1.43. The minimum atomic E-state index is -4.44. The quantitative estimate of drug-likeness (QED) is 0.768. The second-order valence-electron chi connectivity index (χ2n) is 7.36. The van der Waals surface area contributed by atoms with E-state index in [4.69, 9.17) is 0 Å². The van der Waals surface area contributed by atoms with Crippen molar-refractivity contribution < 1.29 is 13.2 Å². The number of hydrogen-bond acceptors (Lipinski definition) is 4. The summed E-state index contributed by atoms with van der Waals surface area (Å²) in [5.41, 5.74) is 0.443. The van der Waals surface area contributed by atoms with E-state index in [1.165, 1.54) is 11.8 Å². The Morgan fingerprint density at radius 1 is 1.04 bits per heavy atom. The van der Waals surface area contributed by atoms with Gasteiger partial charge in [-0.25, -0.2) is 9.97 Å². The van der Waals surface area contributed by atoms with Crippen LogP contribution in [0.15, 0.2) is 42.6 Å². The highest BCUT2D eigenvalue weighted by molar-refractivity contribution is 5.37. The van der Waals surface area contributed by atoms with Gasteiger partial charge >= 0.3 is 6.18 Å². The molecular formula is C20H23F3N4. The molecule has 144 valence electrons. The number of hydrogen-bond donors (Lipinski definition) is 0. The molecule has 2 aliphatic rings. The lowest BCUT2D eigenvalue weighted by atomic mass is 10.1. The fourth-order valence-corrected chi connectivity index (χ4v) is 3.78. The molecule has 2 fully saturated rings. The molecule has 1 atom stereocenters. The minimum absolute atomic E-state index is 0.178. The molecular weight excluding hydrogens is 353 g/mol. The zero-order chi connectivity index (χ0) is 18.9. The van der Waals surface area contributed by atoms with E-state index in [1.54, 1.807) is 0 Å². The Labute approximate surface area is 157 Å². The van der Waals surface area contributed by atoms with Gasteiger partial charge in [0, 0.05) is 37.9 Å². The number of anilines is 1. The molecule has 1 aliphatic carbocycles. The van der Waals surface area contributed by atoms with Crippen molar-refractivity contribution >= 4 is 5.95 Å². The third kappa shape index (κ3) is 4.40. The van der Waals surface area contributed by atoms with E-state index in [0.29, 0.717) is 0 Å². The molecule has 1 aliphatic heterocycles. The summed E-state index contributed by atoms with van der Waals surface area (Å²) >= 11 is 0. The van der Waals surface area contributed by atoms with Crippen molar-refractivity contribution in [2.24, 2.45) is 0 Å². The number of halogens is 3. The maximum atomic E-state index is 13.0. The number of nitrogens with zero attached hydrogens (tertiary/aromatic N) is 4. The fourth-order valence-electron chi connectivity index (χ4n) is 3.78. The molecule has 1 saturated heterocycles. The van der Waals surface area contributed by atoms with E-state index in [0.717, 1.165) is 51.4 Å². The maximum Gasteiger partial charge on any atom is 0.433 e. The van der Waals surface area contributed by atoms with Gasteiger partial charge in [0.1, 0.15) is 5.69 Å². The van der Waals surface area contributed by atoms with Crippen molar-refractivity contribution in [1.29, 1.82) is 0 Å². The molecule has 0 N–H and O–H groups in total. The molecule has 7 heteroatoms. The number of aromatic nitrogens is 2. The summed E-state index contributed by atoms with van der Waals surface area (Å²) in [7, 11) is 0. The minimum Gasteiger partial charge on any atom is -0.334 e. The predicted molar refractivity (Wildman–Crippen MR) is 97.5 cm³/mol. The summed E-state index contributed by atoms with van der Waals surface area (Å²) < 4.78 is 39.1. The van der Waals surface area contributed by atoms with Crippen molar-refractivity contribution in [2.45, 2.75) is 43.9 Å². The second-order valence-corrected chi connectivity index (χ2v) is 7.36. The van der Waals surface area contributed by atoms with Gasteiger partial charge in [0.25, 0.3) is 0 Å². The summed E-state index contributed by atoms with van der Waals surface area (Å²) in [5.74, 6) is 0.224. The maximum absolute atomic E-state index is 13.0. The summed E-state index contributed by atoms with van der Waals surface area (Å²) in [5, 5.41) is 0. The van der Waals surface area contributed by atoms with E-state index in [9.17, 15) is 13.2 Å². The van der Waals surface area contributed by atoms with E-state index in [2.05, 4.69) is 27.0 Å². The van der Waals surface area contributed by atoms with Gasteiger partial charge in [-0.1, -0.05) is 30.3 Å². The molecule has 2 heterocycles. The molecule has 4 nitrogen and oxygen atoms in total. The van der Waals surface area contributed by atoms with E-state index < -0.39 is 11.9 Å². The van der Waals surface area contributed by atoms with Gasteiger partial charge in [-0.2, -0.15) is 13.2 Å². The molecule has 0 amide bonds. The fraction of sp³-hybridized carbons (Fsp3) is 0.500. The summed E-state index contributed by atoms with van der Waals surface area (Å²) in [6.07, 6.45) is 0.704. The predicted octanol–water partition coefficient (Wildman–Crippen LogP) is 3.78. The molecule has 2 aromatic rings. The Hall–Kier alpha value is -2.15. The molecule has 4 rings (SSSR count). The van der Waals surface area contributed by atoms with Crippen LogP contribution in [-0.2, 0) is 12.6 Å². The summed E-state index contributed by atoms with van der Waals surface area (Å²) in [4.78, 5) is 12.4. The molecule has 0 spiro atoms. The standard InChI is InChI=1S/C20H23F3N4/c21-20(22,23)18-8-11-24-19(25-18)27(16-6-7-16)17-10-13-26(14-17)12-9-15-4-2-1-3-5-15/h1-5,8,11,16-17H,6-7,9-10,12-14H2. The smallest absolute Gasteiger partial charge is 0.334 e. The molecule has 27 heavy (non-hydrogen) atoms. The van der Waals surface area contributed by atoms with Crippen LogP contribution in [0.3, 0.4) is 0 Å². The van der Waals surface area contributed by atoms with Crippen molar-refractivity contribution in [3.05, 3.63) is 53.9 Å². The normalized spacial score (nSPS) is 20.8. The highest BCUT2D eigenvalue weighted by atomic mass is 19.4. The lowest BCUT2D eigenvalue weighted by Gasteiger charge is -2.29. The van der Waals surface area contributed by atoms with E-state index in [1.807, 2.05) is 23.1 Å².